The van der Waals surface area contributed by atoms with E-state index >= 15 is 0 Å². The molecule has 5 atom stereocenters. The zero-order valence-electron chi connectivity index (χ0n) is 8.80. The number of azide groups is 1. The van der Waals surface area contributed by atoms with E-state index in [0.717, 1.165) is 0 Å². The molecule has 2 unspecified atom stereocenters. The first-order chi connectivity index (χ1) is 7.57. The van der Waals surface area contributed by atoms with Crippen LogP contribution in [0.15, 0.2) is 5.11 Å². The lowest BCUT2D eigenvalue weighted by Crippen LogP contribution is -2.57. The maximum atomic E-state index is 9.52. The summed E-state index contributed by atoms with van der Waals surface area (Å²) in [5, 5.41) is 31.6. The van der Waals surface area contributed by atoms with Crippen LogP contribution in [0.2, 0.25) is 0 Å². The van der Waals surface area contributed by atoms with Crippen LogP contribution in [-0.2, 0) is 9.47 Å². The second-order valence-electron chi connectivity index (χ2n) is 3.51. The van der Waals surface area contributed by atoms with Crippen molar-refractivity contribution in [3.63, 3.8) is 0 Å². The number of rotatable bonds is 4. The lowest BCUT2D eigenvalue weighted by atomic mass is 10.0. The van der Waals surface area contributed by atoms with Crippen molar-refractivity contribution in [2.45, 2.75) is 37.6 Å². The molecule has 16 heavy (non-hydrogen) atoms. The molecule has 0 spiro atoms. The Balaban J connectivity index is 2.44. The Morgan fingerprint density at radius 1 is 1.31 bits per heavy atom. The van der Waals surface area contributed by atoms with Gasteiger partial charge in [-0.25, -0.2) is 0 Å². The second-order valence-corrected chi connectivity index (χ2v) is 3.51. The fourth-order valence-corrected chi connectivity index (χ4v) is 1.41. The maximum absolute atomic E-state index is 9.52. The molecule has 1 aliphatic rings. The zero-order valence-corrected chi connectivity index (χ0v) is 8.80. The van der Waals surface area contributed by atoms with Crippen molar-refractivity contribution in [3.05, 3.63) is 10.4 Å². The first-order valence-electron chi connectivity index (χ1n) is 4.90. The highest BCUT2D eigenvalue weighted by molar-refractivity contribution is 4.87. The molecule has 1 rings (SSSR count). The van der Waals surface area contributed by atoms with Gasteiger partial charge in [-0.1, -0.05) is 5.11 Å². The lowest BCUT2D eigenvalue weighted by Gasteiger charge is -2.38. The molecular formula is C8H15N3O5. The summed E-state index contributed by atoms with van der Waals surface area (Å²) in [5.41, 5.74) is 8.02. The molecule has 8 nitrogen and oxygen atoms in total. The molecule has 1 saturated heterocycles. The van der Waals surface area contributed by atoms with Crippen LogP contribution in [0.1, 0.15) is 6.92 Å². The molecular weight excluding hydrogens is 218 g/mol. The van der Waals surface area contributed by atoms with E-state index in [0.29, 0.717) is 0 Å². The van der Waals surface area contributed by atoms with Crippen molar-refractivity contribution in [1.29, 1.82) is 0 Å². The molecule has 0 amide bonds. The number of ether oxygens (including phenoxy) is 2. The summed E-state index contributed by atoms with van der Waals surface area (Å²) in [6, 6.07) is 0. The average molecular weight is 233 g/mol. The van der Waals surface area contributed by atoms with Crippen LogP contribution in [0.25, 0.3) is 10.4 Å². The fraction of sp³-hybridized carbons (Fsp3) is 1.00. The summed E-state index contributed by atoms with van der Waals surface area (Å²) in [6.45, 7) is 1.74. The van der Waals surface area contributed by atoms with Crippen LogP contribution in [0.5, 0.6) is 0 Å². The van der Waals surface area contributed by atoms with E-state index in [1.54, 1.807) is 6.92 Å². The summed E-state index contributed by atoms with van der Waals surface area (Å²) in [4.78, 5) is 2.53. The lowest BCUT2D eigenvalue weighted by molar-refractivity contribution is -0.292. The Bertz CT molecular complexity index is 270. The Morgan fingerprint density at radius 3 is 2.62 bits per heavy atom. The quantitative estimate of drug-likeness (QED) is 0.252. The normalized spacial score (nSPS) is 39.1. The molecule has 0 aromatic heterocycles. The minimum atomic E-state index is -1.32. The van der Waals surface area contributed by atoms with Crippen LogP contribution in [0.4, 0.5) is 0 Å². The van der Waals surface area contributed by atoms with Crippen LogP contribution in [0.3, 0.4) is 0 Å². The largest absolute Gasteiger partial charge is 0.388 e. The molecule has 3 N–H and O–H groups in total. The van der Waals surface area contributed by atoms with Gasteiger partial charge < -0.3 is 24.8 Å². The van der Waals surface area contributed by atoms with Gasteiger partial charge in [0, 0.05) is 11.5 Å². The minimum absolute atomic E-state index is 0.0708. The van der Waals surface area contributed by atoms with Crippen molar-refractivity contribution in [1.82, 2.24) is 0 Å². The number of hydrogen-bond acceptors (Lipinski definition) is 6. The van der Waals surface area contributed by atoms with Crippen molar-refractivity contribution in [2.75, 3.05) is 13.2 Å². The van der Waals surface area contributed by atoms with Gasteiger partial charge in [0.05, 0.1) is 12.7 Å². The molecule has 0 bridgehead atoms. The first kappa shape index (κ1) is 13.2. The highest BCUT2D eigenvalue weighted by atomic mass is 16.7. The van der Waals surface area contributed by atoms with E-state index in [-0.39, 0.29) is 13.2 Å². The van der Waals surface area contributed by atoms with Crippen molar-refractivity contribution in [2.24, 2.45) is 5.11 Å². The van der Waals surface area contributed by atoms with Gasteiger partial charge in [0.1, 0.15) is 18.3 Å². The Hall–Kier alpha value is -0.890. The summed E-state index contributed by atoms with van der Waals surface area (Å²) in [5.74, 6) is 0. The van der Waals surface area contributed by atoms with Gasteiger partial charge in [0.2, 0.25) is 0 Å². The molecule has 1 fully saturated rings. The molecule has 0 saturated carbocycles. The molecule has 0 aromatic carbocycles. The SMILES string of the molecule is CC1O[C@@H](OCCN=[N+]=[N-])C(O)[C@@H](O)[C@H]1O. The van der Waals surface area contributed by atoms with Crippen molar-refractivity contribution in [3.8, 4) is 0 Å². The Morgan fingerprint density at radius 2 is 2.00 bits per heavy atom. The number of hydrogen-bond donors (Lipinski definition) is 3. The second kappa shape index (κ2) is 6.00. The summed E-state index contributed by atoms with van der Waals surface area (Å²) in [6.07, 6.45) is -5.44. The molecule has 0 radical (unpaired) electrons. The van der Waals surface area contributed by atoms with Crippen LogP contribution in [-0.4, -0.2) is 59.2 Å². The van der Waals surface area contributed by atoms with Crippen molar-refractivity contribution < 1.29 is 24.8 Å². The van der Waals surface area contributed by atoms with Gasteiger partial charge in [0.25, 0.3) is 0 Å². The third-order valence-corrected chi connectivity index (χ3v) is 2.35. The van der Waals surface area contributed by atoms with E-state index in [2.05, 4.69) is 10.0 Å². The van der Waals surface area contributed by atoms with E-state index in [1.807, 2.05) is 0 Å². The van der Waals surface area contributed by atoms with Gasteiger partial charge >= 0.3 is 0 Å². The van der Waals surface area contributed by atoms with Gasteiger partial charge in [-0.3, -0.25) is 0 Å². The molecule has 0 aliphatic carbocycles. The van der Waals surface area contributed by atoms with Gasteiger partial charge in [0.15, 0.2) is 6.29 Å². The van der Waals surface area contributed by atoms with E-state index in [4.69, 9.17) is 15.0 Å². The summed E-state index contributed by atoms with van der Waals surface area (Å²) < 4.78 is 10.2. The molecule has 1 heterocycles. The standard InChI is InChI=1S/C8H15N3O5/c1-4-5(12)6(13)7(14)8(16-4)15-3-2-10-11-9/h4-8,12-14H,2-3H2,1H3/t4?,5-,6-,7?,8+/m0/s1. The topological polar surface area (TPSA) is 128 Å². The number of aliphatic hydroxyl groups excluding tert-OH is 3. The fourth-order valence-electron chi connectivity index (χ4n) is 1.41. The van der Waals surface area contributed by atoms with E-state index in [1.165, 1.54) is 0 Å². The molecule has 92 valence electrons. The van der Waals surface area contributed by atoms with Crippen molar-refractivity contribution >= 4 is 0 Å². The van der Waals surface area contributed by atoms with Crippen LogP contribution in [0, 0.1) is 0 Å². The van der Waals surface area contributed by atoms with Crippen LogP contribution >= 0.6 is 0 Å². The van der Waals surface area contributed by atoms with Gasteiger partial charge in [-0.2, -0.15) is 0 Å². The predicted molar refractivity (Wildman–Crippen MR) is 52.3 cm³/mol. The molecule has 1 aliphatic heterocycles. The number of nitrogens with zero attached hydrogens (tertiary/aromatic N) is 3. The van der Waals surface area contributed by atoms with Gasteiger partial charge in [-0.15, -0.1) is 0 Å². The number of aliphatic hydroxyl groups is 3. The van der Waals surface area contributed by atoms with Crippen LogP contribution < -0.4 is 0 Å². The summed E-state index contributed by atoms with van der Waals surface area (Å²) >= 11 is 0. The smallest absolute Gasteiger partial charge is 0.186 e. The zero-order chi connectivity index (χ0) is 12.1. The highest BCUT2D eigenvalue weighted by Crippen LogP contribution is 2.21. The Labute approximate surface area is 92.0 Å². The average Bonchev–Trinajstić information content (AvgIpc) is 2.28. The Kier molecular flexibility index (Phi) is 4.94. The monoisotopic (exact) mass is 233 g/mol. The molecule has 8 heteroatoms. The van der Waals surface area contributed by atoms with E-state index in [9.17, 15) is 15.3 Å². The van der Waals surface area contributed by atoms with E-state index < -0.39 is 30.7 Å². The van der Waals surface area contributed by atoms with Gasteiger partial charge in [-0.05, 0) is 12.5 Å². The first-order valence-corrected chi connectivity index (χ1v) is 4.90. The summed E-state index contributed by atoms with van der Waals surface area (Å²) in [7, 11) is 0. The predicted octanol–water partition coefficient (Wildman–Crippen LogP) is -0.859. The minimum Gasteiger partial charge on any atom is -0.388 e. The molecule has 0 aromatic rings. The maximum Gasteiger partial charge on any atom is 0.186 e. The highest BCUT2D eigenvalue weighted by Gasteiger charge is 2.42. The third kappa shape index (κ3) is 3.05. The third-order valence-electron chi connectivity index (χ3n) is 2.35.